The van der Waals surface area contributed by atoms with Crippen molar-refractivity contribution in [2.24, 2.45) is 0 Å². The molecule has 0 aliphatic rings. The summed E-state index contributed by atoms with van der Waals surface area (Å²) in [6, 6.07) is 8.38. The highest BCUT2D eigenvalue weighted by Gasteiger charge is 2.32. The van der Waals surface area contributed by atoms with Gasteiger partial charge in [-0.2, -0.15) is 0 Å². The minimum Gasteiger partial charge on any atom is -0.468 e. The fourth-order valence-electron chi connectivity index (χ4n) is 2.20. The minimum absolute atomic E-state index is 0.180. The van der Waals surface area contributed by atoms with E-state index < -0.39 is 5.54 Å². The summed E-state index contributed by atoms with van der Waals surface area (Å²) in [4.78, 5) is 13.2. The van der Waals surface area contributed by atoms with Crippen molar-refractivity contribution in [3.63, 3.8) is 0 Å². The molecule has 1 aromatic carbocycles. The molecule has 0 fully saturated rings. The van der Waals surface area contributed by atoms with Gasteiger partial charge in [-0.1, -0.05) is 25.1 Å². The molecule has 0 aliphatic heterocycles. The van der Waals surface area contributed by atoms with Crippen LogP contribution < -0.4 is 5.32 Å². The molecule has 112 valence electrons. The third kappa shape index (κ3) is 4.84. The zero-order chi connectivity index (χ0) is 15.0. The number of benzene rings is 1. The number of rotatable bonds is 8. The third-order valence-corrected chi connectivity index (χ3v) is 4.64. The summed E-state index contributed by atoms with van der Waals surface area (Å²) in [5, 5.41) is 3.24. The molecule has 1 atom stereocenters. The Morgan fingerprint density at radius 2 is 2.10 bits per heavy atom. The molecule has 0 aromatic heterocycles. The highest BCUT2D eigenvalue weighted by atomic mass is 32.2. The van der Waals surface area contributed by atoms with Gasteiger partial charge in [0.2, 0.25) is 0 Å². The van der Waals surface area contributed by atoms with Gasteiger partial charge in [0.1, 0.15) is 5.54 Å². The Morgan fingerprint density at radius 3 is 2.70 bits per heavy atom. The first kappa shape index (κ1) is 17.1. The maximum absolute atomic E-state index is 11.9. The van der Waals surface area contributed by atoms with E-state index in [9.17, 15) is 4.79 Å². The maximum atomic E-state index is 11.9. The first-order valence-corrected chi connectivity index (χ1v) is 8.04. The lowest BCUT2D eigenvalue weighted by molar-refractivity contribution is -0.148. The summed E-state index contributed by atoms with van der Waals surface area (Å²) >= 11 is 1.85. The lowest BCUT2D eigenvalue weighted by Gasteiger charge is -2.27. The Morgan fingerprint density at radius 1 is 1.40 bits per heavy atom. The zero-order valence-corrected chi connectivity index (χ0v) is 13.7. The van der Waals surface area contributed by atoms with Gasteiger partial charge in [-0.15, -0.1) is 11.8 Å². The Bertz CT molecular complexity index is 436. The van der Waals surface area contributed by atoms with E-state index in [0.717, 1.165) is 25.1 Å². The van der Waals surface area contributed by atoms with Crippen LogP contribution in [0.2, 0.25) is 0 Å². The smallest absolute Gasteiger partial charge is 0.325 e. The number of nitrogens with one attached hydrogen (secondary N) is 1. The van der Waals surface area contributed by atoms with E-state index in [1.807, 2.05) is 25.6 Å². The molecule has 3 nitrogen and oxygen atoms in total. The zero-order valence-electron chi connectivity index (χ0n) is 12.9. The van der Waals surface area contributed by atoms with Gasteiger partial charge in [-0.05, 0) is 50.6 Å². The Balaban J connectivity index is 2.45. The van der Waals surface area contributed by atoms with Crippen molar-refractivity contribution in [3.05, 3.63) is 29.8 Å². The summed E-state index contributed by atoms with van der Waals surface area (Å²) in [6.07, 6.45) is 1.75. The molecule has 0 saturated carbocycles. The topological polar surface area (TPSA) is 38.3 Å². The number of hydrogen-bond donors (Lipinski definition) is 1. The van der Waals surface area contributed by atoms with Gasteiger partial charge in [-0.3, -0.25) is 4.79 Å². The molecular formula is C16H25NO2S. The number of thioether (sulfide) groups is 1. The lowest BCUT2D eigenvalue weighted by atomic mass is 9.96. The van der Waals surface area contributed by atoms with Crippen molar-refractivity contribution in [3.8, 4) is 0 Å². The number of carbonyl (C=O) groups is 1. The molecule has 4 heteroatoms. The van der Waals surface area contributed by atoms with Gasteiger partial charge in [0.25, 0.3) is 0 Å². The standard InChI is InChI=1S/C16H25NO2S/c1-5-17-16(3,15(18)19-4)11-8-12-20-14-10-7-6-9-13(14)2/h6-7,9-10,17H,5,8,11-12H2,1-4H3. The van der Waals surface area contributed by atoms with Gasteiger partial charge < -0.3 is 10.1 Å². The summed E-state index contributed by atoms with van der Waals surface area (Å²) in [5.41, 5.74) is 0.732. The van der Waals surface area contributed by atoms with Crippen LogP contribution in [-0.4, -0.2) is 30.9 Å². The van der Waals surface area contributed by atoms with Crippen LogP contribution in [0, 0.1) is 6.92 Å². The van der Waals surface area contributed by atoms with Crippen LogP contribution in [0.1, 0.15) is 32.3 Å². The van der Waals surface area contributed by atoms with Crippen LogP contribution in [0.3, 0.4) is 0 Å². The summed E-state index contributed by atoms with van der Waals surface area (Å²) in [6.45, 7) is 6.81. The fraction of sp³-hybridized carbons (Fsp3) is 0.562. The lowest BCUT2D eigenvalue weighted by Crippen LogP contribution is -2.50. The van der Waals surface area contributed by atoms with Crippen LogP contribution in [0.15, 0.2) is 29.2 Å². The Labute approximate surface area is 126 Å². The van der Waals surface area contributed by atoms with E-state index in [2.05, 4.69) is 36.5 Å². The monoisotopic (exact) mass is 295 g/mol. The largest absolute Gasteiger partial charge is 0.468 e. The van der Waals surface area contributed by atoms with Crippen LogP contribution in [-0.2, 0) is 9.53 Å². The second-order valence-corrected chi connectivity index (χ2v) is 6.21. The van der Waals surface area contributed by atoms with E-state index in [-0.39, 0.29) is 5.97 Å². The molecule has 1 unspecified atom stereocenters. The quantitative estimate of drug-likeness (QED) is 0.453. The van der Waals surface area contributed by atoms with E-state index >= 15 is 0 Å². The van der Waals surface area contributed by atoms with E-state index in [1.54, 1.807) is 0 Å². The predicted octanol–water partition coefficient (Wildman–Crippen LogP) is 3.41. The number of hydrogen-bond acceptors (Lipinski definition) is 4. The summed E-state index contributed by atoms with van der Waals surface area (Å²) in [7, 11) is 1.44. The predicted molar refractivity (Wildman–Crippen MR) is 85.2 cm³/mol. The average molecular weight is 295 g/mol. The van der Waals surface area contributed by atoms with Crippen molar-refractivity contribution in [1.29, 1.82) is 0 Å². The van der Waals surface area contributed by atoms with Gasteiger partial charge >= 0.3 is 5.97 Å². The molecule has 0 aliphatic carbocycles. The molecule has 0 spiro atoms. The molecular weight excluding hydrogens is 270 g/mol. The molecule has 0 amide bonds. The number of likely N-dealkylation sites (N-methyl/N-ethyl adjacent to an activating group) is 1. The van der Waals surface area contributed by atoms with Crippen molar-refractivity contribution in [1.82, 2.24) is 5.32 Å². The normalized spacial score (nSPS) is 13.8. The summed E-state index contributed by atoms with van der Waals surface area (Å²) in [5.74, 6) is 0.822. The fourth-order valence-corrected chi connectivity index (χ4v) is 3.18. The van der Waals surface area contributed by atoms with Crippen molar-refractivity contribution in [2.45, 2.75) is 44.0 Å². The Kier molecular flexibility index (Phi) is 7.10. The molecule has 20 heavy (non-hydrogen) atoms. The molecule has 1 aromatic rings. The number of aryl methyl sites for hydroxylation is 1. The molecule has 0 bridgehead atoms. The summed E-state index contributed by atoms with van der Waals surface area (Å²) < 4.78 is 4.89. The highest BCUT2D eigenvalue weighted by molar-refractivity contribution is 7.99. The second kappa shape index (κ2) is 8.32. The molecule has 0 saturated heterocycles. The van der Waals surface area contributed by atoms with Gasteiger partial charge in [0.05, 0.1) is 7.11 Å². The average Bonchev–Trinajstić information content (AvgIpc) is 2.44. The van der Waals surface area contributed by atoms with Gasteiger partial charge in [-0.25, -0.2) is 0 Å². The number of esters is 1. The number of carbonyl (C=O) groups excluding carboxylic acids is 1. The molecule has 1 N–H and O–H groups in total. The van der Waals surface area contributed by atoms with Crippen LogP contribution >= 0.6 is 11.8 Å². The van der Waals surface area contributed by atoms with E-state index in [0.29, 0.717) is 0 Å². The first-order valence-electron chi connectivity index (χ1n) is 7.05. The molecule has 0 heterocycles. The number of methoxy groups -OCH3 is 1. The Hall–Kier alpha value is -1.00. The highest BCUT2D eigenvalue weighted by Crippen LogP contribution is 2.24. The van der Waals surface area contributed by atoms with Gasteiger partial charge in [0, 0.05) is 4.90 Å². The minimum atomic E-state index is -0.574. The van der Waals surface area contributed by atoms with E-state index in [1.165, 1.54) is 17.6 Å². The number of ether oxygens (including phenoxy) is 1. The van der Waals surface area contributed by atoms with Gasteiger partial charge in [0.15, 0.2) is 0 Å². The van der Waals surface area contributed by atoms with E-state index in [4.69, 9.17) is 4.74 Å². The van der Waals surface area contributed by atoms with Crippen LogP contribution in [0.4, 0.5) is 0 Å². The molecule has 1 rings (SSSR count). The van der Waals surface area contributed by atoms with Crippen molar-refractivity contribution >= 4 is 17.7 Å². The maximum Gasteiger partial charge on any atom is 0.325 e. The first-order chi connectivity index (χ1) is 9.53. The van der Waals surface area contributed by atoms with Crippen LogP contribution in [0.5, 0.6) is 0 Å². The van der Waals surface area contributed by atoms with Crippen molar-refractivity contribution in [2.75, 3.05) is 19.4 Å². The third-order valence-electron chi connectivity index (χ3n) is 3.38. The molecule has 0 radical (unpaired) electrons. The van der Waals surface area contributed by atoms with Crippen molar-refractivity contribution < 1.29 is 9.53 Å². The SMILES string of the molecule is CCNC(C)(CCCSc1ccccc1C)C(=O)OC. The van der Waals surface area contributed by atoms with Crippen LogP contribution in [0.25, 0.3) is 0 Å². The second-order valence-electron chi connectivity index (χ2n) is 5.07.